The molecule has 0 aromatic heterocycles. The zero-order chi connectivity index (χ0) is 22.4. The molecule has 0 saturated carbocycles. The third-order valence-electron chi connectivity index (χ3n) is 4.54. The Hall–Kier alpha value is -3.27. The molecule has 0 fully saturated rings. The Bertz CT molecular complexity index is 991. The highest BCUT2D eigenvalue weighted by Gasteiger charge is 2.36. The predicted molar refractivity (Wildman–Crippen MR) is 118 cm³/mol. The molecule has 31 heavy (non-hydrogen) atoms. The van der Waals surface area contributed by atoms with Crippen LogP contribution in [0, 0.1) is 17.0 Å². The Morgan fingerprint density at radius 3 is 2.74 bits per heavy atom. The highest BCUT2D eigenvalue weighted by atomic mass is 32.2. The molecule has 1 aliphatic heterocycles. The van der Waals surface area contributed by atoms with Crippen molar-refractivity contribution in [3.05, 3.63) is 57.6 Å². The number of carbonyl (C=O) groups is 1. The summed E-state index contributed by atoms with van der Waals surface area (Å²) in [5.74, 6) is 0.125. The average Bonchev–Trinajstić information content (AvgIpc) is 2.70. The lowest BCUT2D eigenvalue weighted by atomic mass is 9.94. The van der Waals surface area contributed by atoms with E-state index in [0.717, 1.165) is 16.9 Å². The van der Waals surface area contributed by atoms with Crippen molar-refractivity contribution in [1.82, 2.24) is 0 Å². The number of benzene rings is 2. The number of nitrogens with one attached hydrogen (secondary N) is 1. The number of carbonyl (C=O) groups excluding carboxylic acids is 1. The lowest BCUT2D eigenvalue weighted by molar-refractivity contribution is -0.385. The summed E-state index contributed by atoms with van der Waals surface area (Å²) in [4.78, 5) is 23.5. The first-order valence-electron chi connectivity index (χ1n) is 9.64. The number of nitro benzene ring substituents is 1. The number of hydrogen-bond acceptors (Lipinski definition) is 8. The minimum Gasteiger partial charge on any atom is -0.487 e. The van der Waals surface area contributed by atoms with E-state index >= 15 is 0 Å². The minimum absolute atomic E-state index is 0.125. The number of anilines is 1. The summed E-state index contributed by atoms with van der Waals surface area (Å²) in [5, 5.41) is 17.8. The van der Waals surface area contributed by atoms with Crippen LogP contribution in [0.25, 0.3) is 0 Å². The van der Waals surface area contributed by atoms with Crippen LogP contribution >= 0.6 is 12.0 Å². The molecule has 0 atom stereocenters. The Morgan fingerprint density at radius 2 is 2.03 bits per heavy atom. The Morgan fingerprint density at radius 1 is 1.29 bits per heavy atom. The Labute approximate surface area is 184 Å². The fraction of sp³-hybridized carbons (Fsp3) is 0.333. The Kier molecular flexibility index (Phi) is 7.01. The molecule has 0 radical (unpaired) electrons. The summed E-state index contributed by atoms with van der Waals surface area (Å²) in [6, 6.07) is 10.7. The summed E-state index contributed by atoms with van der Waals surface area (Å²) >= 11 is 1.16. The number of aryl methyl sites for hydroxylation is 1. The van der Waals surface area contributed by atoms with E-state index in [4.69, 9.17) is 13.8 Å². The smallest absolute Gasteiger partial charge is 0.412 e. The number of unbranched alkanes of at least 4 members (excludes halogenated alkanes) is 1. The van der Waals surface area contributed by atoms with Gasteiger partial charge in [0.25, 0.3) is 0 Å². The molecule has 164 valence electrons. The number of nitro groups is 1. The quantitative estimate of drug-likeness (QED) is 0.176. The number of cyclic esters (lactones) is 1. The van der Waals surface area contributed by atoms with Crippen molar-refractivity contribution in [3.63, 3.8) is 0 Å². The van der Waals surface area contributed by atoms with Gasteiger partial charge in [-0.15, -0.1) is 0 Å². The fourth-order valence-corrected chi connectivity index (χ4v) is 3.39. The van der Waals surface area contributed by atoms with Crippen LogP contribution in [0.3, 0.4) is 0 Å². The van der Waals surface area contributed by atoms with E-state index in [1.54, 1.807) is 26.1 Å². The number of hydrogen-bond donors (Lipinski definition) is 1. The molecule has 1 N–H and O–H groups in total. The molecule has 2 aromatic rings. The van der Waals surface area contributed by atoms with Gasteiger partial charge in [0.05, 0.1) is 22.1 Å². The molecule has 1 amide bonds. The zero-order valence-corrected chi connectivity index (χ0v) is 18.2. The summed E-state index contributed by atoms with van der Waals surface area (Å²) in [5.41, 5.74) is 0.979. The van der Waals surface area contributed by atoms with Gasteiger partial charge in [0, 0.05) is 17.8 Å². The van der Waals surface area contributed by atoms with Gasteiger partial charge < -0.3 is 13.8 Å². The highest BCUT2D eigenvalue weighted by molar-refractivity contribution is 7.94. The average molecular weight is 445 g/mol. The largest absolute Gasteiger partial charge is 0.487 e. The molecule has 10 heteroatoms. The summed E-state index contributed by atoms with van der Waals surface area (Å²) in [7, 11) is 0. The van der Waals surface area contributed by atoms with E-state index in [0.29, 0.717) is 24.1 Å². The maximum atomic E-state index is 11.7. The van der Waals surface area contributed by atoms with Crippen LogP contribution in [0.15, 0.2) is 46.4 Å². The third-order valence-corrected chi connectivity index (χ3v) is 5.16. The van der Waals surface area contributed by atoms with Crippen molar-refractivity contribution in [1.29, 1.82) is 0 Å². The number of amides is 1. The first-order valence-corrected chi connectivity index (χ1v) is 10.4. The SMILES string of the molecule is Cc1ccc(SON=CCCCOc2cc3c(cc2[N+](=O)[O-])NC(=O)OC3(C)C)cc1. The highest BCUT2D eigenvalue weighted by Crippen LogP contribution is 2.42. The van der Waals surface area contributed by atoms with E-state index in [1.807, 2.05) is 31.2 Å². The summed E-state index contributed by atoms with van der Waals surface area (Å²) in [6.45, 7) is 5.70. The van der Waals surface area contributed by atoms with Gasteiger partial charge in [-0.25, -0.2) is 4.79 Å². The number of rotatable bonds is 9. The van der Waals surface area contributed by atoms with E-state index in [-0.39, 0.29) is 18.0 Å². The van der Waals surface area contributed by atoms with Crippen LogP contribution in [-0.4, -0.2) is 23.8 Å². The topological polar surface area (TPSA) is 112 Å². The van der Waals surface area contributed by atoms with Crippen LogP contribution in [0.2, 0.25) is 0 Å². The molecule has 0 spiro atoms. The molecule has 0 unspecified atom stereocenters. The molecule has 2 aromatic carbocycles. The van der Waals surface area contributed by atoms with E-state index in [9.17, 15) is 14.9 Å². The van der Waals surface area contributed by atoms with Crippen LogP contribution < -0.4 is 10.1 Å². The van der Waals surface area contributed by atoms with E-state index in [1.165, 1.54) is 11.6 Å². The lowest BCUT2D eigenvalue weighted by Gasteiger charge is -2.32. The van der Waals surface area contributed by atoms with Crippen LogP contribution in [0.1, 0.15) is 37.8 Å². The van der Waals surface area contributed by atoms with Crippen molar-refractivity contribution in [2.75, 3.05) is 11.9 Å². The van der Waals surface area contributed by atoms with Gasteiger partial charge in [-0.3, -0.25) is 15.4 Å². The number of fused-ring (bicyclic) bond motifs is 1. The molecule has 0 saturated heterocycles. The van der Waals surface area contributed by atoms with Crippen LogP contribution in [-0.2, 0) is 14.6 Å². The van der Waals surface area contributed by atoms with E-state index < -0.39 is 16.6 Å². The lowest BCUT2D eigenvalue weighted by Crippen LogP contribution is -2.34. The van der Waals surface area contributed by atoms with E-state index in [2.05, 4.69) is 10.5 Å². The second-order valence-electron chi connectivity index (χ2n) is 7.40. The number of nitrogens with zero attached hydrogens (tertiary/aromatic N) is 2. The van der Waals surface area contributed by atoms with Crippen LogP contribution in [0.5, 0.6) is 5.75 Å². The normalized spacial score (nSPS) is 14.5. The zero-order valence-electron chi connectivity index (χ0n) is 17.4. The van der Waals surface area contributed by atoms with Crippen molar-refractivity contribution in [2.24, 2.45) is 5.16 Å². The Balaban J connectivity index is 1.52. The van der Waals surface area contributed by atoms with Crippen molar-refractivity contribution < 1.29 is 23.5 Å². The van der Waals surface area contributed by atoms with Crippen molar-refractivity contribution in [2.45, 2.75) is 44.1 Å². The van der Waals surface area contributed by atoms with Gasteiger partial charge in [0.2, 0.25) is 0 Å². The molecule has 9 nitrogen and oxygen atoms in total. The van der Waals surface area contributed by atoms with Crippen LogP contribution in [0.4, 0.5) is 16.2 Å². The standard InChI is InChI=1S/C21H23N3O6S/c1-14-6-8-15(9-7-14)31-30-22-10-4-5-11-28-19-12-16-17(13-18(19)24(26)27)23-20(25)29-21(16,2)3/h6-10,12-13H,4-5,11H2,1-3H3,(H,23,25). The van der Waals surface area contributed by atoms with Crippen molar-refractivity contribution >= 4 is 35.7 Å². The molecule has 1 heterocycles. The van der Waals surface area contributed by atoms with Gasteiger partial charge >= 0.3 is 11.8 Å². The molecular formula is C21H23N3O6S. The molecule has 3 rings (SSSR count). The molecule has 0 aliphatic carbocycles. The van der Waals surface area contributed by atoms with Crippen molar-refractivity contribution in [3.8, 4) is 5.75 Å². The van der Waals surface area contributed by atoms with Gasteiger partial charge in [-0.1, -0.05) is 22.9 Å². The number of ether oxygens (including phenoxy) is 2. The second-order valence-corrected chi connectivity index (χ2v) is 8.18. The summed E-state index contributed by atoms with van der Waals surface area (Å²) in [6.07, 6.45) is 2.14. The molecular weight excluding hydrogens is 422 g/mol. The van der Waals surface area contributed by atoms with Gasteiger partial charge in [0.1, 0.15) is 17.6 Å². The van der Waals surface area contributed by atoms with Gasteiger partial charge in [0.15, 0.2) is 5.75 Å². The minimum atomic E-state index is -0.927. The monoisotopic (exact) mass is 445 g/mol. The van der Waals surface area contributed by atoms with Gasteiger partial charge in [-0.05, 0) is 51.8 Å². The van der Waals surface area contributed by atoms with Gasteiger partial charge in [-0.2, -0.15) is 0 Å². The fourth-order valence-electron chi connectivity index (χ4n) is 2.95. The first-order chi connectivity index (χ1) is 14.8. The third kappa shape index (κ3) is 5.88. The maximum Gasteiger partial charge on any atom is 0.412 e. The predicted octanol–water partition coefficient (Wildman–Crippen LogP) is 5.57. The maximum absolute atomic E-state index is 11.7. The second kappa shape index (κ2) is 9.69. The first kappa shape index (κ1) is 22.4. The number of oxime groups is 1. The summed E-state index contributed by atoms with van der Waals surface area (Å²) < 4.78 is 16.1. The molecule has 1 aliphatic rings. The molecule has 0 bridgehead atoms.